The molecule has 24 heavy (non-hydrogen) atoms. The number of hydrogen-bond acceptors (Lipinski definition) is 4. The second-order valence-corrected chi connectivity index (χ2v) is 7.25. The lowest BCUT2D eigenvalue weighted by Gasteiger charge is -2.09. The Bertz CT molecular complexity index is 662. The fourth-order valence-electron chi connectivity index (χ4n) is 2.67. The number of nitrogens with zero attached hydrogens (tertiary/aromatic N) is 3. The van der Waals surface area contributed by atoms with Crippen LogP contribution in [-0.4, -0.2) is 26.3 Å². The summed E-state index contributed by atoms with van der Waals surface area (Å²) in [6.07, 6.45) is 2.72. The zero-order valence-corrected chi connectivity index (χ0v) is 15.9. The summed E-state index contributed by atoms with van der Waals surface area (Å²) in [6, 6.07) is 8.39. The lowest BCUT2D eigenvalue weighted by atomic mass is 10.0. The van der Waals surface area contributed by atoms with Crippen LogP contribution >= 0.6 is 11.8 Å². The highest BCUT2D eigenvalue weighted by Crippen LogP contribution is 2.21. The molecule has 1 aromatic heterocycles. The van der Waals surface area contributed by atoms with Crippen molar-refractivity contribution < 1.29 is 4.79 Å². The first-order chi connectivity index (χ1) is 11.5. The molecule has 0 bridgehead atoms. The van der Waals surface area contributed by atoms with E-state index in [4.69, 9.17) is 0 Å². The van der Waals surface area contributed by atoms with Gasteiger partial charge in [0.1, 0.15) is 11.6 Å². The van der Waals surface area contributed by atoms with Crippen molar-refractivity contribution in [1.29, 1.82) is 0 Å². The predicted octanol–water partition coefficient (Wildman–Crippen LogP) is 4.28. The summed E-state index contributed by atoms with van der Waals surface area (Å²) in [5, 5.41) is 9.34. The highest BCUT2D eigenvalue weighted by molar-refractivity contribution is 7.99. The van der Waals surface area contributed by atoms with Gasteiger partial charge in [-0.3, -0.25) is 4.79 Å². The van der Waals surface area contributed by atoms with Crippen molar-refractivity contribution in [2.45, 2.75) is 64.6 Å². The van der Waals surface area contributed by atoms with Crippen molar-refractivity contribution in [3.63, 3.8) is 0 Å². The summed E-state index contributed by atoms with van der Waals surface area (Å²) in [6.45, 7) is 9.30. The van der Waals surface area contributed by atoms with Gasteiger partial charge in [0.05, 0.1) is 5.75 Å². The number of carbonyl (C=O) groups excluding carboxylic acids is 1. The van der Waals surface area contributed by atoms with Crippen LogP contribution in [-0.2, 0) is 24.2 Å². The van der Waals surface area contributed by atoms with Crippen LogP contribution in [0.4, 0.5) is 0 Å². The van der Waals surface area contributed by atoms with Gasteiger partial charge in [-0.1, -0.05) is 63.2 Å². The molecule has 0 spiro atoms. The van der Waals surface area contributed by atoms with Gasteiger partial charge < -0.3 is 4.57 Å². The Morgan fingerprint density at radius 3 is 2.38 bits per heavy atom. The molecule has 0 aliphatic carbocycles. The average Bonchev–Trinajstić information content (AvgIpc) is 2.98. The molecule has 0 N–H and O–H groups in total. The topological polar surface area (TPSA) is 47.8 Å². The summed E-state index contributed by atoms with van der Waals surface area (Å²) in [4.78, 5) is 12.3. The number of ketones is 1. The van der Waals surface area contributed by atoms with E-state index >= 15 is 0 Å². The maximum absolute atomic E-state index is 12.3. The number of thioether (sulfide) groups is 1. The Labute approximate surface area is 149 Å². The van der Waals surface area contributed by atoms with Crippen LogP contribution in [0, 0.1) is 0 Å². The van der Waals surface area contributed by atoms with Gasteiger partial charge in [0.25, 0.3) is 0 Å². The van der Waals surface area contributed by atoms with Gasteiger partial charge >= 0.3 is 0 Å². The van der Waals surface area contributed by atoms with Crippen molar-refractivity contribution in [3.05, 3.63) is 41.2 Å². The first-order valence-electron chi connectivity index (χ1n) is 8.70. The molecule has 0 saturated heterocycles. The molecule has 0 atom stereocenters. The summed E-state index contributed by atoms with van der Waals surface area (Å²) < 4.78 is 2.10. The van der Waals surface area contributed by atoms with E-state index in [9.17, 15) is 4.79 Å². The summed E-state index contributed by atoms with van der Waals surface area (Å²) in [7, 11) is 0. The Morgan fingerprint density at radius 2 is 1.79 bits per heavy atom. The van der Waals surface area contributed by atoms with Crippen LogP contribution in [0.3, 0.4) is 0 Å². The third-order valence-corrected chi connectivity index (χ3v) is 4.93. The van der Waals surface area contributed by atoms with Gasteiger partial charge in [0, 0.05) is 18.9 Å². The molecule has 0 aliphatic rings. The number of aromatic nitrogens is 3. The number of aryl methyl sites for hydroxylation is 1. The minimum atomic E-state index is 0.222. The minimum absolute atomic E-state index is 0.222. The van der Waals surface area contributed by atoms with Crippen LogP contribution in [0.2, 0.25) is 0 Å². The molecule has 130 valence electrons. The number of carbonyl (C=O) groups is 1. The summed E-state index contributed by atoms with van der Waals surface area (Å²) in [5.74, 6) is 1.98. The Balaban J connectivity index is 1.91. The third kappa shape index (κ3) is 4.94. The quantitative estimate of drug-likeness (QED) is 0.637. The first-order valence-corrected chi connectivity index (χ1v) is 9.69. The zero-order chi connectivity index (χ0) is 17.5. The second-order valence-electron chi connectivity index (χ2n) is 6.31. The van der Waals surface area contributed by atoms with Crippen molar-refractivity contribution in [1.82, 2.24) is 14.8 Å². The Morgan fingerprint density at radius 1 is 1.12 bits per heavy atom. The molecular weight excluding hydrogens is 318 g/mol. The molecule has 1 heterocycles. The van der Waals surface area contributed by atoms with E-state index in [1.807, 2.05) is 0 Å². The number of rotatable bonds is 9. The molecule has 1 aromatic carbocycles. The third-order valence-electron chi connectivity index (χ3n) is 3.90. The molecule has 2 rings (SSSR count). The molecule has 5 heteroatoms. The fraction of sp³-hybridized carbons (Fsp3) is 0.526. The Hall–Kier alpha value is -1.62. The van der Waals surface area contributed by atoms with Crippen LogP contribution in [0.5, 0.6) is 0 Å². The van der Waals surface area contributed by atoms with Crippen LogP contribution in [0.1, 0.15) is 57.0 Å². The highest BCUT2D eigenvalue weighted by Gasteiger charge is 2.15. The zero-order valence-electron chi connectivity index (χ0n) is 15.1. The van der Waals surface area contributed by atoms with Crippen molar-refractivity contribution in [2.75, 3.05) is 5.75 Å². The standard InChI is InChI=1S/C19H27N3OS/c1-5-7-15-8-10-16(11-9-15)12-17(23)13-24-19-21-20-18(14(3)4)22(19)6-2/h8-11,14H,5-7,12-13H2,1-4H3. The van der Waals surface area contributed by atoms with E-state index in [0.29, 0.717) is 18.1 Å². The maximum Gasteiger partial charge on any atom is 0.191 e. The van der Waals surface area contributed by atoms with E-state index in [1.54, 1.807) is 0 Å². The fourth-order valence-corrected chi connectivity index (χ4v) is 3.54. The van der Waals surface area contributed by atoms with Crippen LogP contribution < -0.4 is 0 Å². The molecule has 0 radical (unpaired) electrons. The molecule has 0 fully saturated rings. The molecule has 2 aromatic rings. The summed E-state index contributed by atoms with van der Waals surface area (Å²) >= 11 is 1.49. The number of Topliss-reactive ketones (excluding diaryl/α,β-unsaturated/α-hetero) is 1. The van der Waals surface area contributed by atoms with Gasteiger partial charge in [-0.05, 0) is 24.5 Å². The van der Waals surface area contributed by atoms with E-state index < -0.39 is 0 Å². The largest absolute Gasteiger partial charge is 0.306 e. The van der Waals surface area contributed by atoms with E-state index in [1.165, 1.54) is 17.3 Å². The number of hydrogen-bond donors (Lipinski definition) is 0. The second kappa shape index (κ2) is 9.02. The molecule has 4 nitrogen and oxygen atoms in total. The molecule has 0 unspecified atom stereocenters. The van der Waals surface area contributed by atoms with E-state index in [-0.39, 0.29) is 5.78 Å². The van der Waals surface area contributed by atoms with Crippen LogP contribution in [0.25, 0.3) is 0 Å². The van der Waals surface area contributed by atoms with Crippen molar-refractivity contribution in [2.24, 2.45) is 0 Å². The van der Waals surface area contributed by atoms with E-state index in [0.717, 1.165) is 35.9 Å². The first kappa shape index (κ1) is 18.7. The maximum atomic E-state index is 12.3. The lowest BCUT2D eigenvalue weighted by Crippen LogP contribution is -2.08. The Kier molecular flexibility index (Phi) is 7.03. The average molecular weight is 346 g/mol. The van der Waals surface area contributed by atoms with Gasteiger partial charge in [-0.25, -0.2) is 0 Å². The summed E-state index contributed by atoms with van der Waals surface area (Å²) in [5.41, 5.74) is 2.42. The smallest absolute Gasteiger partial charge is 0.191 e. The SMILES string of the molecule is CCCc1ccc(CC(=O)CSc2nnc(C(C)C)n2CC)cc1. The normalized spacial score (nSPS) is 11.2. The minimum Gasteiger partial charge on any atom is -0.306 e. The predicted molar refractivity (Wildman–Crippen MR) is 99.7 cm³/mol. The van der Waals surface area contributed by atoms with E-state index in [2.05, 4.69) is 66.7 Å². The van der Waals surface area contributed by atoms with Crippen molar-refractivity contribution >= 4 is 17.5 Å². The lowest BCUT2D eigenvalue weighted by molar-refractivity contribution is -0.116. The molecule has 0 saturated carbocycles. The van der Waals surface area contributed by atoms with Gasteiger partial charge in [0.15, 0.2) is 5.16 Å². The van der Waals surface area contributed by atoms with Crippen LogP contribution in [0.15, 0.2) is 29.4 Å². The monoisotopic (exact) mass is 345 g/mol. The molecule has 0 amide bonds. The van der Waals surface area contributed by atoms with Gasteiger partial charge in [-0.2, -0.15) is 0 Å². The molecular formula is C19H27N3OS. The number of benzene rings is 1. The van der Waals surface area contributed by atoms with Gasteiger partial charge in [-0.15, -0.1) is 10.2 Å². The van der Waals surface area contributed by atoms with Gasteiger partial charge in [0.2, 0.25) is 0 Å². The molecule has 0 aliphatic heterocycles. The highest BCUT2D eigenvalue weighted by atomic mass is 32.2. The van der Waals surface area contributed by atoms with Crippen molar-refractivity contribution in [3.8, 4) is 0 Å².